The molecule has 1 saturated heterocycles. The van der Waals surface area contributed by atoms with Crippen molar-refractivity contribution >= 4 is 21.7 Å². The number of benzene rings is 1. The van der Waals surface area contributed by atoms with Gasteiger partial charge >= 0.3 is 6.03 Å². The predicted octanol–water partition coefficient (Wildman–Crippen LogP) is 2.37. The van der Waals surface area contributed by atoms with Crippen LogP contribution in [0, 0.1) is 5.82 Å². The molecule has 1 aromatic carbocycles. The van der Waals surface area contributed by atoms with E-state index in [9.17, 15) is 22.7 Å². The van der Waals surface area contributed by atoms with Crippen LogP contribution >= 0.6 is 0 Å². The highest BCUT2D eigenvalue weighted by atomic mass is 32.2. The molecule has 4 N–H and O–H groups in total. The molecule has 35 heavy (non-hydrogen) atoms. The monoisotopic (exact) mass is 506 g/mol. The first-order chi connectivity index (χ1) is 16.7. The number of amides is 2. The minimum Gasteiger partial charge on any atom is -0.446 e. The summed E-state index contributed by atoms with van der Waals surface area (Å²) in [7, 11) is -4.34. The molecule has 2 aliphatic carbocycles. The zero-order chi connectivity index (χ0) is 24.7. The largest absolute Gasteiger partial charge is 0.446 e. The summed E-state index contributed by atoms with van der Waals surface area (Å²) in [6.07, 6.45) is 3.20. The zero-order valence-corrected chi connectivity index (χ0v) is 20.6. The van der Waals surface area contributed by atoms with Gasteiger partial charge in [0.1, 0.15) is 11.6 Å². The van der Waals surface area contributed by atoms with Crippen molar-refractivity contribution in [1.82, 2.24) is 14.9 Å². The molecule has 1 unspecified atom stereocenters. The van der Waals surface area contributed by atoms with Gasteiger partial charge in [0, 0.05) is 43.5 Å². The zero-order valence-electron chi connectivity index (χ0n) is 19.7. The van der Waals surface area contributed by atoms with E-state index in [1.54, 1.807) is 6.92 Å². The lowest BCUT2D eigenvalue weighted by Gasteiger charge is -2.26. The van der Waals surface area contributed by atoms with Crippen LogP contribution in [-0.4, -0.2) is 50.6 Å². The fourth-order valence-electron chi connectivity index (χ4n) is 5.45. The van der Waals surface area contributed by atoms with Crippen molar-refractivity contribution in [1.29, 1.82) is 0 Å². The Hall–Kier alpha value is -2.47. The average Bonchev–Trinajstić information content (AvgIpc) is 3.56. The van der Waals surface area contributed by atoms with E-state index >= 15 is 0 Å². The molecule has 0 spiro atoms. The van der Waals surface area contributed by atoms with Gasteiger partial charge in [-0.25, -0.2) is 13.9 Å². The molecule has 1 aliphatic heterocycles. The number of anilines is 1. The third kappa shape index (κ3) is 4.69. The van der Waals surface area contributed by atoms with E-state index in [-0.39, 0.29) is 5.82 Å². The van der Waals surface area contributed by atoms with Gasteiger partial charge in [-0.2, -0.15) is 8.42 Å². The van der Waals surface area contributed by atoms with Crippen molar-refractivity contribution in [2.24, 2.45) is 0 Å². The molecular formula is C24H31FN4O5S. The van der Waals surface area contributed by atoms with Crippen molar-refractivity contribution in [3.8, 4) is 0 Å². The first-order valence-electron chi connectivity index (χ1n) is 12.2. The Morgan fingerprint density at radius 3 is 2.34 bits per heavy atom. The van der Waals surface area contributed by atoms with Crippen LogP contribution in [0.4, 0.5) is 14.9 Å². The third-order valence-electron chi connectivity index (χ3n) is 7.15. The Kier molecular flexibility index (Phi) is 6.60. The fraction of sp³-hybridized carbons (Fsp3) is 0.542. The average molecular weight is 507 g/mol. The number of nitrogens with one attached hydrogen (secondary N) is 3. The van der Waals surface area contributed by atoms with Gasteiger partial charge in [0.25, 0.3) is 10.0 Å². The molecule has 0 bridgehead atoms. The Labute approximate surface area is 204 Å². The fourth-order valence-corrected chi connectivity index (χ4v) is 6.34. The first kappa shape index (κ1) is 24.2. The molecule has 11 heteroatoms. The van der Waals surface area contributed by atoms with Crippen LogP contribution in [0.1, 0.15) is 59.4 Å². The van der Waals surface area contributed by atoms with E-state index in [1.807, 2.05) is 4.72 Å². The molecule has 9 nitrogen and oxygen atoms in total. The van der Waals surface area contributed by atoms with Crippen LogP contribution in [0.2, 0.25) is 0 Å². The Balaban J connectivity index is 1.37. The number of carbonyl (C=O) groups excluding carboxylic acids is 1. The molecule has 0 radical (unpaired) electrons. The molecule has 0 saturated carbocycles. The van der Waals surface area contributed by atoms with Crippen molar-refractivity contribution in [3.05, 3.63) is 45.5 Å². The van der Waals surface area contributed by atoms with Gasteiger partial charge in [-0.15, -0.1) is 0 Å². The van der Waals surface area contributed by atoms with E-state index in [4.69, 9.17) is 4.42 Å². The second-order valence-electron chi connectivity index (χ2n) is 9.52. The number of halogens is 1. The highest BCUT2D eigenvalue weighted by Gasteiger charge is 2.31. The van der Waals surface area contributed by atoms with Gasteiger partial charge in [0.05, 0.1) is 12.6 Å². The molecule has 1 fully saturated rings. The van der Waals surface area contributed by atoms with Crippen molar-refractivity contribution < 1.29 is 27.1 Å². The maximum atomic E-state index is 14.9. The molecule has 1 aromatic heterocycles. The van der Waals surface area contributed by atoms with Crippen LogP contribution in [0.15, 0.2) is 15.6 Å². The quantitative estimate of drug-likeness (QED) is 0.474. The molecule has 2 aromatic rings. The lowest BCUT2D eigenvalue weighted by atomic mass is 9.98. The maximum absolute atomic E-state index is 14.9. The first-order valence-corrected chi connectivity index (χ1v) is 13.7. The minimum absolute atomic E-state index is 0.165. The summed E-state index contributed by atoms with van der Waals surface area (Å²) in [4.78, 5) is 14.9. The number of aliphatic hydroxyl groups excluding tert-OH is 1. The molecule has 1 atom stereocenters. The SMILES string of the molecule is CC(O)c1cc(S(=O)(=O)NC(=O)Nc2c3c(c(F)c4c2CCC4)CCC3)oc1CN1CCNCC1. The number of rotatable bonds is 6. The van der Waals surface area contributed by atoms with Gasteiger partial charge in [-0.3, -0.25) is 4.90 Å². The van der Waals surface area contributed by atoms with Gasteiger partial charge < -0.3 is 20.2 Å². The second-order valence-corrected chi connectivity index (χ2v) is 11.1. The molecular weight excluding hydrogens is 475 g/mol. The van der Waals surface area contributed by atoms with E-state index in [1.165, 1.54) is 6.07 Å². The lowest BCUT2D eigenvalue weighted by molar-refractivity contribution is 0.183. The number of furan rings is 1. The number of fused-ring (bicyclic) bond motifs is 2. The van der Waals surface area contributed by atoms with Crippen LogP contribution in [-0.2, 0) is 42.3 Å². The summed E-state index contributed by atoms with van der Waals surface area (Å²) < 4.78 is 48.6. The van der Waals surface area contributed by atoms with E-state index in [0.29, 0.717) is 60.4 Å². The van der Waals surface area contributed by atoms with Crippen LogP contribution in [0.5, 0.6) is 0 Å². The number of aliphatic hydroxyl groups is 1. The van der Waals surface area contributed by atoms with E-state index in [2.05, 4.69) is 15.5 Å². The molecule has 190 valence electrons. The van der Waals surface area contributed by atoms with Crippen LogP contribution < -0.4 is 15.4 Å². The smallest absolute Gasteiger partial charge is 0.333 e. The summed E-state index contributed by atoms with van der Waals surface area (Å²) in [5.74, 6) is 0.193. The van der Waals surface area contributed by atoms with Crippen molar-refractivity contribution in [2.45, 2.75) is 63.2 Å². The number of hydrogen-bond donors (Lipinski definition) is 4. The van der Waals surface area contributed by atoms with Crippen LogP contribution in [0.25, 0.3) is 0 Å². The highest BCUT2D eigenvalue weighted by Crippen LogP contribution is 2.41. The summed E-state index contributed by atoms with van der Waals surface area (Å²) >= 11 is 0. The maximum Gasteiger partial charge on any atom is 0.333 e. The van der Waals surface area contributed by atoms with Crippen molar-refractivity contribution in [2.75, 3.05) is 31.5 Å². The van der Waals surface area contributed by atoms with Crippen molar-refractivity contribution in [3.63, 3.8) is 0 Å². The van der Waals surface area contributed by atoms with Gasteiger partial charge in [-0.05, 0) is 67.7 Å². The third-order valence-corrected chi connectivity index (χ3v) is 8.33. The highest BCUT2D eigenvalue weighted by molar-refractivity contribution is 7.89. The Bertz CT molecular complexity index is 1220. The standard InChI is InChI=1S/C24H31FN4O5S/c1-14(30)19-12-21(34-20(19)13-29-10-8-26-9-11-29)35(32,33)28-24(31)27-23-17-6-2-4-15(17)22(25)16-5-3-7-18(16)23/h12,14,26,30H,2-11,13H2,1H3,(H2,27,28,31). The Morgan fingerprint density at radius 2 is 1.74 bits per heavy atom. The predicted molar refractivity (Wildman–Crippen MR) is 127 cm³/mol. The van der Waals surface area contributed by atoms with Crippen LogP contribution in [0.3, 0.4) is 0 Å². The normalized spacial score (nSPS) is 18.8. The molecule has 3 aliphatic rings. The van der Waals surface area contributed by atoms with Gasteiger partial charge in [0.15, 0.2) is 0 Å². The number of sulfonamides is 1. The molecule has 5 rings (SSSR count). The van der Waals surface area contributed by atoms with Gasteiger partial charge in [-0.1, -0.05) is 0 Å². The van der Waals surface area contributed by atoms with Gasteiger partial charge in [0.2, 0.25) is 5.09 Å². The lowest BCUT2D eigenvalue weighted by Crippen LogP contribution is -2.43. The number of hydrogen-bond acceptors (Lipinski definition) is 7. The number of urea groups is 1. The van der Waals surface area contributed by atoms with E-state index < -0.39 is 27.3 Å². The minimum atomic E-state index is -4.34. The van der Waals surface area contributed by atoms with E-state index in [0.717, 1.165) is 50.1 Å². The number of nitrogens with zero attached hydrogens (tertiary/aromatic N) is 1. The molecule has 2 heterocycles. The second kappa shape index (κ2) is 9.53. The number of carbonyl (C=O) groups is 1. The topological polar surface area (TPSA) is 124 Å². The number of piperazine rings is 1. The summed E-state index contributed by atoms with van der Waals surface area (Å²) in [6, 6.07) is 0.351. The summed E-state index contributed by atoms with van der Waals surface area (Å²) in [6.45, 7) is 5.07. The molecule has 2 amide bonds. The Morgan fingerprint density at radius 1 is 1.14 bits per heavy atom. The summed E-state index contributed by atoms with van der Waals surface area (Å²) in [5, 5.41) is 15.7. The summed E-state index contributed by atoms with van der Waals surface area (Å²) in [5.41, 5.74) is 3.72.